The second kappa shape index (κ2) is 8.14. The van der Waals surface area contributed by atoms with Gasteiger partial charge in [-0.25, -0.2) is 0 Å². The molecule has 3 heterocycles. The fraction of sp³-hybridized carbons (Fsp3) is 0.238. The van der Waals surface area contributed by atoms with E-state index in [-0.39, 0.29) is 5.91 Å². The Morgan fingerprint density at radius 1 is 1.14 bits per heavy atom. The number of aryl methyl sites for hydroxylation is 2. The van der Waals surface area contributed by atoms with Crippen LogP contribution in [0.25, 0.3) is 5.65 Å². The first-order chi connectivity index (χ1) is 14.1. The van der Waals surface area contributed by atoms with Crippen molar-refractivity contribution in [3.8, 4) is 5.75 Å². The molecule has 148 valence electrons. The highest BCUT2D eigenvalue weighted by atomic mass is 16.5. The second-order valence-corrected chi connectivity index (χ2v) is 6.67. The maximum Gasteiger partial charge on any atom is 0.251 e. The number of aromatic nitrogens is 4. The molecule has 8 heteroatoms. The molecule has 1 amide bonds. The SMILES string of the molecule is Cc1noc(C)c1COc1ccc(C(=O)NCCc2nnc3ccccn23)cc1. The van der Waals surface area contributed by atoms with Crippen molar-refractivity contribution in [3.63, 3.8) is 0 Å². The third kappa shape index (κ3) is 4.11. The zero-order chi connectivity index (χ0) is 20.2. The molecule has 0 fully saturated rings. The van der Waals surface area contributed by atoms with E-state index in [1.165, 1.54) is 0 Å². The summed E-state index contributed by atoms with van der Waals surface area (Å²) in [7, 11) is 0. The van der Waals surface area contributed by atoms with Crippen molar-refractivity contribution in [1.82, 2.24) is 25.1 Å². The van der Waals surface area contributed by atoms with Crippen LogP contribution in [0.5, 0.6) is 5.75 Å². The fourth-order valence-electron chi connectivity index (χ4n) is 3.02. The summed E-state index contributed by atoms with van der Waals surface area (Å²) >= 11 is 0. The van der Waals surface area contributed by atoms with Crippen LogP contribution >= 0.6 is 0 Å². The first kappa shape index (κ1) is 18.7. The Kier molecular flexibility index (Phi) is 5.24. The minimum atomic E-state index is -0.143. The van der Waals surface area contributed by atoms with E-state index in [0.29, 0.717) is 30.9 Å². The van der Waals surface area contributed by atoms with Gasteiger partial charge in [-0.1, -0.05) is 11.2 Å². The van der Waals surface area contributed by atoms with Gasteiger partial charge in [0.1, 0.15) is 23.9 Å². The normalized spacial score (nSPS) is 11.0. The quantitative estimate of drug-likeness (QED) is 0.521. The first-order valence-corrected chi connectivity index (χ1v) is 9.33. The standard InChI is InChI=1S/C21H21N5O3/c1-14-18(15(2)29-25-14)13-28-17-8-6-16(7-9-17)21(27)22-11-10-20-24-23-19-5-3-4-12-26(19)20/h3-9,12H,10-11,13H2,1-2H3,(H,22,27). The van der Waals surface area contributed by atoms with Crippen LogP contribution in [-0.2, 0) is 13.0 Å². The largest absolute Gasteiger partial charge is 0.489 e. The average Bonchev–Trinajstić information content (AvgIpc) is 3.30. The third-order valence-electron chi connectivity index (χ3n) is 4.70. The number of fused-ring (bicyclic) bond motifs is 1. The third-order valence-corrected chi connectivity index (χ3v) is 4.70. The van der Waals surface area contributed by atoms with Gasteiger partial charge in [0, 0.05) is 24.7 Å². The number of rotatable bonds is 7. The topological polar surface area (TPSA) is 94.5 Å². The van der Waals surface area contributed by atoms with E-state index in [4.69, 9.17) is 9.26 Å². The van der Waals surface area contributed by atoms with Gasteiger partial charge in [-0.3, -0.25) is 9.20 Å². The molecule has 0 atom stereocenters. The number of hydrogen-bond acceptors (Lipinski definition) is 6. The summed E-state index contributed by atoms with van der Waals surface area (Å²) in [5, 5.41) is 15.1. The van der Waals surface area contributed by atoms with Crippen LogP contribution < -0.4 is 10.1 Å². The van der Waals surface area contributed by atoms with Gasteiger partial charge < -0.3 is 14.6 Å². The zero-order valence-electron chi connectivity index (χ0n) is 16.3. The molecular weight excluding hydrogens is 370 g/mol. The van der Waals surface area contributed by atoms with Gasteiger partial charge in [-0.2, -0.15) is 0 Å². The Bertz CT molecular complexity index is 1110. The monoisotopic (exact) mass is 391 g/mol. The Morgan fingerprint density at radius 2 is 1.97 bits per heavy atom. The molecule has 0 bridgehead atoms. The van der Waals surface area contributed by atoms with Crippen LogP contribution in [0.4, 0.5) is 0 Å². The smallest absolute Gasteiger partial charge is 0.251 e. The van der Waals surface area contributed by atoms with E-state index in [9.17, 15) is 4.79 Å². The average molecular weight is 391 g/mol. The van der Waals surface area contributed by atoms with Gasteiger partial charge >= 0.3 is 0 Å². The summed E-state index contributed by atoms with van der Waals surface area (Å²) in [6.07, 6.45) is 2.50. The lowest BCUT2D eigenvalue weighted by atomic mass is 10.2. The summed E-state index contributed by atoms with van der Waals surface area (Å²) in [5.74, 6) is 2.09. The molecule has 1 N–H and O–H groups in total. The van der Waals surface area contributed by atoms with Gasteiger partial charge in [-0.05, 0) is 50.2 Å². The van der Waals surface area contributed by atoms with Gasteiger partial charge in [0.15, 0.2) is 5.65 Å². The van der Waals surface area contributed by atoms with E-state index in [2.05, 4.69) is 20.7 Å². The van der Waals surface area contributed by atoms with Crippen molar-refractivity contribution < 1.29 is 14.1 Å². The van der Waals surface area contributed by atoms with Crippen molar-refractivity contribution in [3.05, 3.63) is 77.1 Å². The molecule has 0 radical (unpaired) electrons. The number of carbonyl (C=O) groups is 1. The minimum absolute atomic E-state index is 0.143. The summed E-state index contributed by atoms with van der Waals surface area (Å²) in [4.78, 5) is 12.4. The van der Waals surface area contributed by atoms with Crippen LogP contribution in [0.3, 0.4) is 0 Å². The van der Waals surface area contributed by atoms with E-state index >= 15 is 0 Å². The number of carbonyl (C=O) groups excluding carboxylic acids is 1. The van der Waals surface area contributed by atoms with Gasteiger partial charge in [0.2, 0.25) is 0 Å². The number of hydrogen-bond donors (Lipinski definition) is 1. The molecule has 3 aromatic heterocycles. The van der Waals surface area contributed by atoms with Crippen molar-refractivity contribution in [2.75, 3.05) is 6.54 Å². The Balaban J connectivity index is 1.30. The lowest BCUT2D eigenvalue weighted by Crippen LogP contribution is -2.26. The molecule has 0 spiro atoms. The molecule has 8 nitrogen and oxygen atoms in total. The highest BCUT2D eigenvalue weighted by Crippen LogP contribution is 2.18. The molecular formula is C21H21N5O3. The van der Waals surface area contributed by atoms with Gasteiger partial charge in [0.05, 0.1) is 11.3 Å². The van der Waals surface area contributed by atoms with Crippen LogP contribution in [0, 0.1) is 13.8 Å². The molecule has 0 saturated heterocycles. The minimum Gasteiger partial charge on any atom is -0.489 e. The van der Waals surface area contributed by atoms with Crippen molar-refractivity contribution in [1.29, 1.82) is 0 Å². The van der Waals surface area contributed by atoms with Crippen molar-refractivity contribution in [2.24, 2.45) is 0 Å². The number of nitrogens with zero attached hydrogens (tertiary/aromatic N) is 4. The molecule has 4 rings (SSSR count). The molecule has 4 aromatic rings. The molecule has 0 aliphatic heterocycles. The van der Waals surface area contributed by atoms with E-state index in [1.54, 1.807) is 24.3 Å². The number of ether oxygens (including phenoxy) is 1. The second-order valence-electron chi connectivity index (χ2n) is 6.67. The molecule has 1 aromatic carbocycles. The lowest BCUT2D eigenvalue weighted by molar-refractivity contribution is 0.0954. The maximum atomic E-state index is 12.4. The summed E-state index contributed by atoms with van der Waals surface area (Å²) in [5.41, 5.74) is 3.12. The van der Waals surface area contributed by atoms with E-state index in [1.807, 2.05) is 42.6 Å². The van der Waals surface area contributed by atoms with Gasteiger partial charge in [-0.15, -0.1) is 10.2 Å². The molecule has 0 aliphatic rings. The van der Waals surface area contributed by atoms with Crippen molar-refractivity contribution in [2.45, 2.75) is 26.9 Å². The maximum absolute atomic E-state index is 12.4. The molecule has 0 unspecified atom stereocenters. The molecule has 0 saturated carbocycles. The number of nitrogens with one attached hydrogen (secondary N) is 1. The first-order valence-electron chi connectivity index (χ1n) is 9.33. The molecule has 29 heavy (non-hydrogen) atoms. The fourth-order valence-corrected chi connectivity index (χ4v) is 3.02. The molecule has 0 aliphatic carbocycles. The van der Waals surface area contributed by atoms with Crippen LogP contribution in [0.15, 0.2) is 53.2 Å². The zero-order valence-corrected chi connectivity index (χ0v) is 16.3. The predicted octanol–water partition coefficient (Wildman–Crippen LogP) is 2.89. The highest BCUT2D eigenvalue weighted by Gasteiger charge is 2.11. The number of amides is 1. The highest BCUT2D eigenvalue weighted by molar-refractivity contribution is 5.94. The van der Waals surface area contributed by atoms with Crippen LogP contribution in [0.2, 0.25) is 0 Å². The van der Waals surface area contributed by atoms with E-state index in [0.717, 1.165) is 28.5 Å². The Labute approximate surface area is 167 Å². The van der Waals surface area contributed by atoms with Gasteiger partial charge in [0.25, 0.3) is 5.91 Å². The summed E-state index contributed by atoms with van der Waals surface area (Å²) in [6.45, 7) is 4.58. The van der Waals surface area contributed by atoms with E-state index < -0.39 is 0 Å². The Morgan fingerprint density at radius 3 is 2.72 bits per heavy atom. The van der Waals surface area contributed by atoms with Crippen molar-refractivity contribution >= 4 is 11.6 Å². The summed E-state index contributed by atoms with van der Waals surface area (Å²) < 4.78 is 12.8. The van der Waals surface area contributed by atoms with Crippen LogP contribution in [-0.4, -0.2) is 32.2 Å². The van der Waals surface area contributed by atoms with Crippen LogP contribution in [0.1, 0.15) is 33.2 Å². The number of benzene rings is 1. The Hall–Kier alpha value is -3.68. The number of pyridine rings is 1. The predicted molar refractivity (Wildman–Crippen MR) is 106 cm³/mol. The lowest BCUT2D eigenvalue weighted by Gasteiger charge is -2.08. The summed E-state index contributed by atoms with van der Waals surface area (Å²) in [6, 6.07) is 12.8.